The molecule has 0 N–H and O–H groups in total. The molecule has 3 heteroatoms. The maximum Gasteiger partial charge on any atom is 0.226 e. The third-order valence-corrected chi connectivity index (χ3v) is 7.99. The Labute approximate surface area is 246 Å². The molecular formula is C39H30N2O. The first-order valence-electron chi connectivity index (χ1n) is 14.4. The van der Waals surface area contributed by atoms with Crippen LogP contribution in [-0.2, 0) is 0 Å². The molecule has 1 aliphatic rings. The van der Waals surface area contributed by atoms with Crippen molar-refractivity contribution in [2.24, 2.45) is 4.99 Å². The Morgan fingerprint density at radius 1 is 0.619 bits per heavy atom. The molecule has 0 radical (unpaired) electrons. The summed E-state index contributed by atoms with van der Waals surface area (Å²) in [7, 11) is 0. The highest BCUT2D eigenvalue weighted by Gasteiger charge is 2.30. The van der Waals surface area contributed by atoms with Crippen molar-refractivity contribution in [2.75, 3.05) is 0 Å². The standard InChI is InChI=1S/C39H30N2O/c1-4-10-30(11-5-1)36-24-34(25-37(36)31-12-6-2-7-13-31)29-20-22-35(23-21-29)40-26-28-16-18-33(19-17-28)39-41-27-38(42-39)32-14-8-3-9-15-32/h1-24,26-27,36-37H,25H2/t36-,37+/m1/s1. The van der Waals surface area contributed by atoms with Crippen LogP contribution < -0.4 is 0 Å². The Morgan fingerprint density at radius 3 is 1.93 bits per heavy atom. The fraction of sp³-hybridized carbons (Fsp3) is 0.0769. The minimum absolute atomic E-state index is 0.366. The molecule has 0 spiro atoms. The monoisotopic (exact) mass is 542 g/mol. The lowest BCUT2D eigenvalue weighted by atomic mass is 9.83. The van der Waals surface area contributed by atoms with Crippen LogP contribution in [0.4, 0.5) is 5.69 Å². The number of allylic oxidation sites excluding steroid dienone is 2. The van der Waals surface area contributed by atoms with E-state index in [-0.39, 0.29) is 0 Å². The first-order chi connectivity index (χ1) is 20.8. The lowest BCUT2D eigenvalue weighted by Gasteiger charge is -2.20. The zero-order chi connectivity index (χ0) is 28.1. The van der Waals surface area contributed by atoms with E-state index in [2.05, 4.69) is 96.0 Å². The van der Waals surface area contributed by atoms with Crippen LogP contribution in [-0.4, -0.2) is 11.2 Å². The lowest BCUT2D eigenvalue weighted by Crippen LogP contribution is -2.04. The van der Waals surface area contributed by atoms with Crippen LogP contribution in [0.3, 0.4) is 0 Å². The molecule has 0 bridgehead atoms. The molecule has 2 atom stereocenters. The summed E-state index contributed by atoms with van der Waals surface area (Å²) in [4.78, 5) is 9.20. The molecule has 1 aromatic heterocycles. The number of aliphatic imine (C=N–C) groups is 1. The first-order valence-corrected chi connectivity index (χ1v) is 14.4. The fourth-order valence-corrected chi connectivity index (χ4v) is 5.77. The summed E-state index contributed by atoms with van der Waals surface area (Å²) in [5, 5.41) is 0. The normalized spacial score (nSPS) is 16.5. The van der Waals surface area contributed by atoms with Crippen LogP contribution in [0.2, 0.25) is 0 Å². The number of hydrogen-bond acceptors (Lipinski definition) is 3. The van der Waals surface area contributed by atoms with E-state index in [0.29, 0.717) is 17.7 Å². The zero-order valence-electron chi connectivity index (χ0n) is 23.2. The van der Waals surface area contributed by atoms with Gasteiger partial charge >= 0.3 is 0 Å². The fourth-order valence-electron chi connectivity index (χ4n) is 5.77. The van der Waals surface area contributed by atoms with Gasteiger partial charge < -0.3 is 4.42 Å². The van der Waals surface area contributed by atoms with E-state index in [1.807, 2.05) is 60.8 Å². The molecule has 0 saturated carbocycles. The number of rotatable bonds is 7. The minimum atomic E-state index is 0.366. The molecule has 1 aliphatic carbocycles. The van der Waals surface area contributed by atoms with Crippen molar-refractivity contribution in [3.05, 3.63) is 174 Å². The van der Waals surface area contributed by atoms with Crippen molar-refractivity contribution in [2.45, 2.75) is 18.3 Å². The van der Waals surface area contributed by atoms with Gasteiger partial charge in [0.15, 0.2) is 5.76 Å². The second-order valence-corrected chi connectivity index (χ2v) is 10.7. The summed E-state index contributed by atoms with van der Waals surface area (Å²) in [6.07, 6.45) is 7.16. The van der Waals surface area contributed by atoms with E-state index in [9.17, 15) is 0 Å². The van der Waals surface area contributed by atoms with Gasteiger partial charge in [-0.2, -0.15) is 0 Å². The van der Waals surface area contributed by atoms with E-state index in [4.69, 9.17) is 9.41 Å². The van der Waals surface area contributed by atoms with Crippen molar-refractivity contribution >= 4 is 17.5 Å². The van der Waals surface area contributed by atoms with Crippen molar-refractivity contribution in [3.63, 3.8) is 0 Å². The van der Waals surface area contributed by atoms with Gasteiger partial charge in [0.1, 0.15) is 0 Å². The summed E-state index contributed by atoms with van der Waals surface area (Å²) < 4.78 is 5.99. The summed E-state index contributed by atoms with van der Waals surface area (Å²) in [5.41, 5.74) is 9.32. The van der Waals surface area contributed by atoms with Gasteiger partial charge in [-0.15, -0.1) is 0 Å². The molecule has 0 fully saturated rings. The number of nitrogens with zero attached hydrogens (tertiary/aromatic N) is 2. The van der Waals surface area contributed by atoms with Crippen molar-refractivity contribution in [3.8, 4) is 22.8 Å². The van der Waals surface area contributed by atoms with E-state index in [1.54, 1.807) is 6.20 Å². The summed E-state index contributed by atoms with van der Waals surface area (Å²) in [6.45, 7) is 0. The van der Waals surface area contributed by atoms with Gasteiger partial charge in [0.2, 0.25) is 5.89 Å². The van der Waals surface area contributed by atoms with Crippen LogP contribution >= 0.6 is 0 Å². The molecule has 1 heterocycles. The van der Waals surface area contributed by atoms with Gasteiger partial charge in [-0.25, -0.2) is 4.98 Å². The largest absolute Gasteiger partial charge is 0.436 e. The highest BCUT2D eigenvalue weighted by atomic mass is 16.4. The number of benzene rings is 5. The predicted molar refractivity (Wildman–Crippen MR) is 172 cm³/mol. The SMILES string of the molecule is C(=Nc1ccc(C2=C[C@H](c3ccccc3)[C@H](c3ccccc3)C2)cc1)c1ccc(-c2ncc(-c3ccccc3)o2)cc1. The average Bonchev–Trinajstić information content (AvgIpc) is 3.75. The Bertz CT molecular complexity index is 1820. The molecule has 0 unspecified atom stereocenters. The van der Waals surface area contributed by atoms with Gasteiger partial charge in [0.25, 0.3) is 0 Å². The molecular weight excluding hydrogens is 512 g/mol. The summed E-state index contributed by atoms with van der Waals surface area (Å²) in [5.74, 6) is 2.17. The van der Waals surface area contributed by atoms with Gasteiger partial charge in [0, 0.05) is 23.3 Å². The summed E-state index contributed by atoms with van der Waals surface area (Å²) >= 11 is 0. The summed E-state index contributed by atoms with van der Waals surface area (Å²) in [6, 6.07) is 48.5. The third-order valence-electron chi connectivity index (χ3n) is 7.99. The Balaban J connectivity index is 1.05. The molecule has 202 valence electrons. The van der Waals surface area contributed by atoms with Gasteiger partial charge in [-0.3, -0.25) is 4.99 Å². The van der Waals surface area contributed by atoms with Crippen molar-refractivity contribution in [1.82, 2.24) is 4.98 Å². The second kappa shape index (κ2) is 11.7. The van der Waals surface area contributed by atoms with Crippen LogP contribution in [0.5, 0.6) is 0 Å². The number of aromatic nitrogens is 1. The topological polar surface area (TPSA) is 38.4 Å². The molecule has 0 saturated heterocycles. The average molecular weight is 543 g/mol. The Morgan fingerprint density at radius 2 is 1.24 bits per heavy atom. The van der Waals surface area contributed by atoms with E-state index in [1.165, 1.54) is 22.3 Å². The van der Waals surface area contributed by atoms with E-state index >= 15 is 0 Å². The molecule has 3 nitrogen and oxygen atoms in total. The highest BCUT2D eigenvalue weighted by Crippen LogP contribution is 2.47. The van der Waals surface area contributed by atoms with Crippen LogP contribution in [0, 0.1) is 0 Å². The molecule has 42 heavy (non-hydrogen) atoms. The van der Waals surface area contributed by atoms with Crippen LogP contribution in [0.25, 0.3) is 28.4 Å². The molecule has 5 aromatic carbocycles. The molecule has 6 aromatic rings. The smallest absolute Gasteiger partial charge is 0.226 e. The predicted octanol–water partition coefficient (Wildman–Crippen LogP) is 10.1. The van der Waals surface area contributed by atoms with E-state index < -0.39 is 0 Å². The van der Waals surface area contributed by atoms with Crippen molar-refractivity contribution < 1.29 is 4.42 Å². The first kappa shape index (κ1) is 25.7. The second-order valence-electron chi connectivity index (χ2n) is 10.7. The van der Waals surface area contributed by atoms with Gasteiger partial charge in [-0.1, -0.05) is 121 Å². The highest BCUT2D eigenvalue weighted by molar-refractivity contribution is 5.83. The quantitative estimate of drug-likeness (QED) is 0.188. The number of oxazole rings is 1. The number of hydrogen-bond donors (Lipinski definition) is 0. The maximum atomic E-state index is 5.99. The van der Waals surface area contributed by atoms with Crippen molar-refractivity contribution in [1.29, 1.82) is 0 Å². The van der Waals surface area contributed by atoms with Crippen LogP contribution in [0.1, 0.15) is 40.5 Å². The molecule has 0 aliphatic heterocycles. The molecule has 7 rings (SSSR count). The zero-order valence-corrected chi connectivity index (χ0v) is 23.2. The Kier molecular flexibility index (Phi) is 7.14. The van der Waals surface area contributed by atoms with E-state index in [0.717, 1.165) is 34.6 Å². The third kappa shape index (κ3) is 5.50. The lowest BCUT2D eigenvalue weighted by molar-refractivity contribution is 0.589. The van der Waals surface area contributed by atoms with Gasteiger partial charge in [-0.05, 0) is 64.4 Å². The van der Waals surface area contributed by atoms with Gasteiger partial charge in [0.05, 0.1) is 11.9 Å². The minimum Gasteiger partial charge on any atom is -0.436 e. The maximum absolute atomic E-state index is 5.99. The van der Waals surface area contributed by atoms with Crippen LogP contribution in [0.15, 0.2) is 161 Å². The Hall–Kier alpha value is -5.28. The molecule has 0 amide bonds.